The molecule has 1 amide bonds. The average Bonchev–Trinajstić information content (AvgIpc) is 3.09. The van der Waals surface area contributed by atoms with E-state index in [9.17, 15) is 19.2 Å². The van der Waals surface area contributed by atoms with E-state index >= 15 is 0 Å². The highest BCUT2D eigenvalue weighted by molar-refractivity contribution is 5.90. The molecular weight excluding hydrogens is 618 g/mol. The van der Waals surface area contributed by atoms with Crippen LogP contribution in [0.4, 0.5) is 0 Å². The smallest absolute Gasteiger partial charge is 0.243 e. The molecule has 0 saturated carbocycles. The molecule has 0 aliphatic carbocycles. The van der Waals surface area contributed by atoms with Crippen LogP contribution in [-0.4, -0.2) is 108 Å². The van der Waals surface area contributed by atoms with Gasteiger partial charge in [-0.1, -0.05) is 26.3 Å². The highest BCUT2D eigenvalue weighted by atomic mass is 16.6. The largest absolute Gasteiger partial charge is 0.379 e. The predicted molar refractivity (Wildman–Crippen MR) is 187 cm³/mol. The van der Waals surface area contributed by atoms with Crippen LogP contribution in [0.1, 0.15) is 72.1 Å². The van der Waals surface area contributed by atoms with Crippen LogP contribution in [0.15, 0.2) is 50.6 Å². The molecule has 3 unspecified atom stereocenters. The summed E-state index contributed by atoms with van der Waals surface area (Å²) in [5.74, 6) is -0.339. The third-order valence-corrected chi connectivity index (χ3v) is 7.19. The Morgan fingerprint density at radius 2 is 0.979 bits per heavy atom. The van der Waals surface area contributed by atoms with Gasteiger partial charge in [-0.25, -0.2) is 0 Å². The van der Waals surface area contributed by atoms with E-state index in [1.165, 1.54) is 24.3 Å². The summed E-state index contributed by atoms with van der Waals surface area (Å²) in [6.45, 7) is 23.2. The van der Waals surface area contributed by atoms with Crippen molar-refractivity contribution in [3.8, 4) is 0 Å². The SMILES string of the molecule is C=CC(=O)CCCCOCC(C)OCC(COC(C)COCCCCC(=O)C=C)(COC(C)COCCCNC(=O)C=C)CC(=O)C=C. The van der Waals surface area contributed by atoms with Crippen molar-refractivity contribution in [1.29, 1.82) is 0 Å². The number of amides is 1. The number of unbranched alkanes of at least 4 members (excludes halogenated alkanes) is 2. The summed E-state index contributed by atoms with van der Waals surface area (Å²) in [5, 5.41) is 2.71. The summed E-state index contributed by atoms with van der Waals surface area (Å²) in [6, 6.07) is 0. The third kappa shape index (κ3) is 25.2. The van der Waals surface area contributed by atoms with Crippen molar-refractivity contribution < 1.29 is 47.6 Å². The van der Waals surface area contributed by atoms with Crippen molar-refractivity contribution in [2.45, 2.75) is 90.4 Å². The maximum absolute atomic E-state index is 12.7. The first-order valence-electron chi connectivity index (χ1n) is 16.9. The predicted octanol–water partition coefficient (Wildman–Crippen LogP) is 4.93. The summed E-state index contributed by atoms with van der Waals surface area (Å²) in [6.07, 6.45) is 8.98. The molecule has 1 N–H and O–H groups in total. The van der Waals surface area contributed by atoms with Crippen LogP contribution in [0.5, 0.6) is 0 Å². The van der Waals surface area contributed by atoms with Crippen molar-refractivity contribution in [1.82, 2.24) is 5.32 Å². The van der Waals surface area contributed by atoms with Gasteiger partial charge in [0.05, 0.1) is 58.0 Å². The van der Waals surface area contributed by atoms with Gasteiger partial charge in [0.25, 0.3) is 0 Å². The van der Waals surface area contributed by atoms with Gasteiger partial charge in [0.15, 0.2) is 17.3 Å². The molecule has 0 rings (SSSR count). The molecule has 48 heavy (non-hydrogen) atoms. The lowest BCUT2D eigenvalue weighted by Gasteiger charge is -2.35. The lowest BCUT2D eigenvalue weighted by atomic mass is 9.84. The Kier molecular flexibility index (Phi) is 27.4. The van der Waals surface area contributed by atoms with E-state index in [1.54, 1.807) is 0 Å². The van der Waals surface area contributed by atoms with Gasteiger partial charge in [0, 0.05) is 51.0 Å². The summed E-state index contributed by atoms with van der Waals surface area (Å²) in [5.41, 5.74) is -0.826. The maximum Gasteiger partial charge on any atom is 0.243 e. The fourth-order valence-electron chi connectivity index (χ4n) is 4.24. The van der Waals surface area contributed by atoms with Crippen molar-refractivity contribution in [3.05, 3.63) is 50.6 Å². The average molecular weight is 680 g/mol. The summed E-state index contributed by atoms with van der Waals surface area (Å²) < 4.78 is 35.9. The molecule has 0 aliphatic rings. The molecule has 0 aromatic heterocycles. The molecule has 0 saturated heterocycles. The molecule has 0 aliphatic heterocycles. The summed E-state index contributed by atoms with van der Waals surface area (Å²) >= 11 is 0. The van der Waals surface area contributed by atoms with Crippen molar-refractivity contribution in [2.24, 2.45) is 5.41 Å². The summed E-state index contributed by atoms with van der Waals surface area (Å²) in [4.78, 5) is 46.8. The molecule has 0 aromatic carbocycles. The number of ketones is 3. The van der Waals surface area contributed by atoms with E-state index < -0.39 is 5.41 Å². The summed E-state index contributed by atoms with van der Waals surface area (Å²) in [7, 11) is 0. The van der Waals surface area contributed by atoms with Crippen molar-refractivity contribution in [3.63, 3.8) is 0 Å². The van der Waals surface area contributed by atoms with Gasteiger partial charge >= 0.3 is 0 Å². The van der Waals surface area contributed by atoms with E-state index in [2.05, 4.69) is 31.6 Å². The van der Waals surface area contributed by atoms with E-state index in [1.807, 2.05) is 20.8 Å². The van der Waals surface area contributed by atoms with Gasteiger partial charge < -0.3 is 33.7 Å². The van der Waals surface area contributed by atoms with Crippen molar-refractivity contribution >= 4 is 23.3 Å². The van der Waals surface area contributed by atoms with Crippen LogP contribution in [0.3, 0.4) is 0 Å². The standard InChI is InChI=1S/C37H61NO10/c1-8-33(39)17-12-14-20-43-24-30(5)46-27-37(23-35(41)10-3,28-47-31(6)25-44-21-15-13-18-34(40)9-2)29-48-32(7)26-45-22-16-19-38-36(42)11-4/h8-11,30-32H,1-4,12-29H2,5-7H3,(H,38,42). The molecule has 11 nitrogen and oxygen atoms in total. The lowest BCUT2D eigenvalue weighted by Crippen LogP contribution is -2.43. The minimum Gasteiger partial charge on any atom is -0.379 e. The normalized spacial score (nSPS) is 14.2. The van der Waals surface area contributed by atoms with Crippen LogP contribution in [0.25, 0.3) is 0 Å². The molecule has 3 atom stereocenters. The Morgan fingerprint density at radius 3 is 1.35 bits per heavy atom. The van der Waals surface area contributed by atoms with Gasteiger partial charge in [-0.15, -0.1) is 0 Å². The topological polar surface area (TPSA) is 136 Å². The van der Waals surface area contributed by atoms with Gasteiger partial charge in [0.2, 0.25) is 5.91 Å². The molecular formula is C37H61NO10. The Labute approximate surface area is 288 Å². The molecule has 0 fully saturated rings. The molecule has 0 aromatic rings. The van der Waals surface area contributed by atoms with E-state index in [0.29, 0.717) is 65.4 Å². The van der Waals surface area contributed by atoms with E-state index in [0.717, 1.165) is 25.7 Å². The molecule has 0 radical (unpaired) electrons. The van der Waals surface area contributed by atoms with Gasteiger partial charge in [-0.3, -0.25) is 19.2 Å². The molecule has 0 spiro atoms. The van der Waals surface area contributed by atoms with Gasteiger partial charge in [0.1, 0.15) is 0 Å². The van der Waals surface area contributed by atoms with Crippen LogP contribution < -0.4 is 5.32 Å². The molecule has 11 heteroatoms. The second kappa shape index (κ2) is 29.1. The van der Waals surface area contributed by atoms with Crippen molar-refractivity contribution in [2.75, 3.05) is 66.0 Å². The monoisotopic (exact) mass is 679 g/mol. The minimum absolute atomic E-state index is 0.0227. The van der Waals surface area contributed by atoms with Crippen LogP contribution in [0.2, 0.25) is 0 Å². The lowest BCUT2D eigenvalue weighted by molar-refractivity contribution is -0.141. The second-order valence-corrected chi connectivity index (χ2v) is 12.0. The molecule has 274 valence electrons. The zero-order chi connectivity index (χ0) is 36.0. The maximum atomic E-state index is 12.7. The molecule has 0 bridgehead atoms. The number of nitrogens with one attached hydrogen (secondary N) is 1. The minimum atomic E-state index is -0.826. The third-order valence-electron chi connectivity index (χ3n) is 7.19. The fourth-order valence-corrected chi connectivity index (χ4v) is 4.24. The fraction of sp³-hybridized carbons (Fsp3) is 0.676. The number of allylic oxidation sites excluding steroid dienone is 3. The van der Waals surface area contributed by atoms with Gasteiger partial charge in [-0.2, -0.15) is 0 Å². The number of hydrogen-bond acceptors (Lipinski definition) is 10. The Balaban J connectivity index is 5.20. The highest BCUT2D eigenvalue weighted by Gasteiger charge is 2.35. The Morgan fingerprint density at radius 1 is 0.583 bits per heavy atom. The Hall–Kier alpha value is -2.80. The van der Waals surface area contributed by atoms with E-state index in [4.69, 9.17) is 28.4 Å². The number of ether oxygens (including phenoxy) is 6. The number of hydrogen-bond donors (Lipinski definition) is 1. The first kappa shape index (κ1) is 45.2. The van der Waals surface area contributed by atoms with Crippen LogP contribution in [0, 0.1) is 5.41 Å². The van der Waals surface area contributed by atoms with Crippen LogP contribution >= 0.6 is 0 Å². The number of carbonyl (C=O) groups excluding carboxylic acids is 4. The first-order valence-corrected chi connectivity index (χ1v) is 16.9. The van der Waals surface area contributed by atoms with Crippen LogP contribution in [-0.2, 0) is 47.6 Å². The molecule has 0 heterocycles. The Bertz CT molecular complexity index is 863. The zero-order valence-corrected chi connectivity index (χ0v) is 29.7. The second-order valence-electron chi connectivity index (χ2n) is 12.0. The van der Waals surface area contributed by atoms with Gasteiger partial charge in [-0.05, 0) is 77.2 Å². The zero-order valence-electron chi connectivity index (χ0n) is 29.7. The van der Waals surface area contributed by atoms with E-state index in [-0.39, 0.29) is 67.8 Å². The quantitative estimate of drug-likeness (QED) is 0.0726. The first-order chi connectivity index (χ1) is 23.0. The number of carbonyl (C=O) groups is 4. The number of rotatable bonds is 35. The highest BCUT2D eigenvalue weighted by Crippen LogP contribution is 2.27.